The van der Waals surface area contributed by atoms with Gasteiger partial charge in [0.05, 0.1) is 24.8 Å². The second kappa shape index (κ2) is 6.97. The van der Waals surface area contributed by atoms with Crippen molar-refractivity contribution in [2.45, 2.75) is 31.9 Å². The first-order valence-corrected chi connectivity index (χ1v) is 7.98. The first kappa shape index (κ1) is 16.4. The molecule has 2 aromatic heterocycles. The van der Waals surface area contributed by atoms with E-state index in [-0.39, 0.29) is 24.0 Å². The van der Waals surface area contributed by atoms with Gasteiger partial charge in [0.1, 0.15) is 0 Å². The van der Waals surface area contributed by atoms with Gasteiger partial charge in [0.25, 0.3) is 5.91 Å². The van der Waals surface area contributed by atoms with Gasteiger partial charge in [-0.25, -0.2) is 4.98 Å². The third kappa shape index (κ3) is 3.54. The zero-order valence-corrected chi connectivity index (χ0v) is 13.8. The quantitative estimate of drug-likeness (QED) is 0.878. The maximum absolute atomic E-state index is 12.5. The lowest BCUT2D eigenvalue weighted by Gasteiger charge is -2.38. The Labute approximate surface area is 140 Å². The molecule has 1 fully saturated rings. The standard InChI is InChI=1S/C18H21N3O3/c1-11-3-4-13(10-19-11)18(23)21-17(14-7-15(22)8-14)12-5-6-16(24-2)20-9-12/h3-6,9-10,14-15,17,22H,7-8H2,1-2H3,(H,21,23)/t14?,15?,17-/m1/s1. The van der Waals surface area contributed by atoms with E-state index < -0.39 is 0 Å². The summed E-state index contributed by atoms with van der Waals surface area (Å²) in [5.41, 5.74) is 2.29. The van der Waals surface area contributed by atoms with Gasteiger partial charge < -0.3 is 15.2 Å². The summed E-state index contributed by atoms with van der Waals surface area (Å²) in [5.74, 6) is 0.544. The molecule has 2 aromatic rings. The fraction of sp³-hybridized carbons (Fsp3) is 0.389. The van der Waals surface area contributed by atoms with Gasteiger partial charge in [-0.15, -0.1) is 0 Å². The van der Waals surface area contributed by atoms with Gasteiger partial charge in [-0.05, 0) is 43.4 Å². The summed E-state index contributed by atoms with van der Waals surface area (Å²) in [6, 6.07) is 7.05. The van der Waals surface area contributed by atoms with Gasteiger partial charge in [0.15, 0.2) is 0 Å². The van der Waals surface area contributed by atoms with Crippen LogP contribution in [-0.2, 0) is 0 Å². The lowest BCUT2D eigenvalue weighted by atomic mass is 9.75. The van der Waals surface area contributed by atoms with Crippen LogP contribution in [0.4, 0.5) is 0 Å². The molecule has 0 radical (unpaired) electrons. The van der Waals surface area contributed by atoms with Crippen LogP contribution < -0.4 is 10.1 Å². The average Bonchev–Trinajstić information content (AvgIpc) is 2.58. The fourth-order valence-electron chi connectivity index (χ4n) is 2.90. The smallest absolute Gasteiger partial charge is 0.253 e. The number of nitrogens with one attached hydrogen (secondary N) is 1. The summed E-state index contributed by atoms with van der Waals surface area (Å²) < 4.78 is 5.08. The molecule has 1 amide bonds. The van der Waals surface area contributed by atoms with Crippen molar-refractivity contribution in [1.29, 1.82) is 0 Å². The summed E-state index contributed by atoms with van der Waals surface area (Å²) in [6.45, 7) is 1.88. The first-order valence-electron chi connectivity index (χ1n) is 7.98. The highest BCUT2D eigenvalue weighted by Crippen LogP contribution is 2.38. The number of methoxy groups -OCH3 is 1. The fourth-order valence-corrected chi connectivity index (χ4v) is 2.90. The highest BCUT2D eigenvalue weighted by molar-refractivity contribution is 5.94. The van der Waals surface area contributed by atoms with E-state index in [0.29, 0.717) is 24.3 Å². The van der Waals surface area contributed by atoms with Gasteiger partial charge in [-0.1, -0.05) is 6.07 Å². The Morgan fingerprint density at radius 1 is 1.25 bits per heavy atom. The zero-order chi connectivity index (χ0) is 17.1. The Morgan fingerprint density at radius 2 is 2.04 bits per heavy atom. The molecule has 0 saturated heterocycles. The van der Waals surface area contributed by atoms with Crippen LogP contribution in [0.3, 0.4) is 0 Å². The van der Waals surface area contributed by atoms with Gasteiger partial charge >= 0.3 is 0 Å². The molecule has 6 heteroatoms. The molecular formula is C18H21N3O3. The number of carbonyl (C=O) groups is 1. The predicted molar refractivity (Wildman–Crippen MR) is 88.7 cm³/mol. The first-order chi connectivity index (χ1) is 11.6. The molecule has 3 rings (SSSR count). The van der Waals surface area contributed by atoms with Crippen LogP contribution in [0.2, 0.25) is 0 Å². The number of hydrogen-bond acceptors (Lipinski definition) is 5. The van der Waals surface area contributed by atoms with Crippen molar-refractivity contribution >= 4 is 5.91 Å². The van der Waals surface area contributed by atoms with E-state index in [2.05, 4.69) is 15.3 Å². The van der Waals surface area contributed by atoms with Crippen LogP contribution in [0.25, 0.3) is 0 Å². The van der Waals surface area contributed by atoms with Crippen molar-refractivity contribution in [2.75, 3.05) is 7.11 Å². The number of aliphatic hydroxyl groups is 1. The molecule has 6 nitrogen and oxygen atoms in total. The monoisotopic (exact) mass is 327 g/mol. The summed E-state index contributed by atoms with van der Waals surface area (Å²) >= 11 is 0. The normalized spacial score (nSPS) is 20.8. The van der Waals surface area contributed by atoms with E-state index in [0.717, 1.165) is 11.3 Å². The number of ether oxygens (including phenoxy) is 1. The SMILES string of the molecule is COc1ccc([C@@H](NC(=O)c2ccc(C)nc2)C2CC(O)C2)cn1. The second-order valence-corrected chi connectivity index (χ2v) is 6.16. The number of aliphatic hydroxyl groups excluding tert-OH is 1. The van der Waals surface area contributed by atoms with Gasteiger partial charge in [0, 0.05) is 24.2 Å². The van der Waals surface area contributed by atoms with Crippen LogP contribution >= 0.6 is 0 Å². The number of aromatic nitrogens is 2. The van der Waals surface area contributed by atoms with E-state index in [4.69, 9.17) is 4.74 Å². The molecule has 2 heterocycles. The highest BCUT2D eigenvalue weighted by Gasteiger charge is 2.36. The molecule has 126 valence electrons. The Bertz CT molecular complexity index is 694. The topological polar surface area (TPSA) is 84.3 Å². The highest BCUT2D eigenvalue weighted by atomic mass is 16.5. The summed E-state index contributed by atoms with van der Waals surface area (Å²) in [4.78, 5) is 20.9. The number of nitrogens with zero attached hydrogens (tertiary/aromatic N) is 2. The zero-order valence-electron chi connectivity index (χ0n) is 13.8. The summed E-state index contributed by atoms with van der Waals surface area (Å²) in [7, 11) is 1.56. The minimum Gasteiger partial charge on any atom is -0.481 e. The molecule has 0 bridgehead atoms. The molecule has 24 heavy (non-hydrogen) atoms. The molecule has 0 aliphatic heterocycles. The third-order valence-corrected chi connectivity index (χ3v) is 4.41. The van der Waals surface area contributed by atoms with Gasteiger partial charge in [-0.3, -0.25) is 9.78 Å². The average molecular weight is 327 g/mol. The van der Waals surface area contributed by atoms with Crippen molar-refractivity contribution in [3.05, 3.63) is 53.5 Å². The van der Waals surface area contributed by atoms with Crippen LogP contribution in [-0.4, -0.2) is 34.2 Å². The number of aryl methyl sites for hydroxylation is 1. The molecule has 0 aromatic carbocycles. The number of pyridine rings is 2. The van der Waals surface area contributed by atoms with Gasteiger partial charge in [-0.2, -0.15) is 0 Å². The second-order valence-electron chi connectivity index (χ2n) is 6.16. The molecule has 0 unspecified atom stereocenters. The Kier molecular flexibility index (Phi) is 4.76. The maximum atomic E-state index is 12.5. The largest absolute Gasteiger partial charge is 0.481 e. The minimum absolute atomic E-state index is 0.176. The van der Waals surface area contributed by atoms with Crippen LogP contribution in [0, 0.1) is 12.8 Å². The predicted octanol–water partition coefficient (Wildman–Crippen LogP) is 2.04. The van der Waals surface area contributed by atoms with E-state index in [1.54, 1.807) is 31.6 Å². The van der Waals surface area contributed by atoms with Crippen molar-refractivity contribution in [3.8, 4) is 5.88 Å². The van der Waals surface area contributed by atoms with E-state index in [1.165, 1.54) is 0 Å². The van der Waals surface area contributed by atoms with Crippen molar-refractivity contribution < 1.29 is 14.6 Å². The summed E-state index contributed by atoms with van der Waals surface area (Å²) in [5, 5.41) is 12.7. The molecule has 1 atom stereocenters. The van der Waals surface area contributed by atoms with Gasteiger partial charge in [0.2, 0.25) is 5.88 Å². The lowest BCUT2D eigenvalue weighted by Crippen LogP contribution is -2.41. The van der Waals surface area contributed by atoms with Crippen molar-refractivity contribution in [3.63, 3.8) is 0 Å². The van der Waals surface area contributed by atoms with Crippen LogP contribution in [0.5, 0.6) is 5.88 Å². The maximum Gasteiger partial charge on any atom is 0.253 e. The van der Waals surface area contributed by atoms with E-state index in [9.17, 15) is 9.90 Å². The number of hydrogen-bond donors (Lipinski definition) is 2. The van der Waals surface area contributed by atoms with Crippen molar-refractivity contribution in [2.24, 2.45) is 5.92 Å². The molecule has 1 aliphatic rings. The van der Waals surface area contributed by atoms with Crippen LogP contribution in [0.1, 0.15) is 40.5 Å². The lowest BCUT2D eigenvalue weighted by molar-refractivity contribution is 0.0234. The Hall–Kier alpha value is -2.47. The van der Waals surface area contributed by atoms with E-state index >= 15 is 0 Å². The Morgan fingerprint density at radius 3 is 2.58 bits per heavy atom. The van der Waals surface area contributed by atoms with Crippen molar-refractivity contribution in [1.82, 2.24) is 15.3 Å². The molecule has 1 aliphatic carbocycles. The molecule has 0 spiro atoms. The number of carbonyl (C=O) groups excluding carboxylic acids is 1. The molecular weight excluding hydrogens is 306 g/mol. The Balaban J connectivity index is 1.79. The summed E-state index contributed by atoms with van der Waals surface area (Å²) in [6.07, 6.45) is 4.33. The molecule has 1 saturated carbocycles. The third-order valence-electron chi connectivity index (χ3n) is 4.41. The van der Waals surface area contributed by atoms with Crippen LogP contribution in [0.15, 0.2) is 36.7 Å². The number of rotatable bonds is 5. The molecule has 2 N–H and O–H groups in total. The van der Waals surface area contributed by atoms with E-state index in [1.807, 2.05) is 19.1 Å². The minimum atomic E-state index is -0.290. The number of amides is 1.